The Labute approximate surface area is 195 Å². The molecule has 1 aliphatic rings. The molecule has 9 nitrogen and oxygen atoms in total. The molecular formula is C21H23ClFN5O4S. The molecule has 0 bridgehead atoms. The monoisotopic (exact) mass is 495 g/mol. The molecule has 1 unspecified atom stereocenters. The third kappa shape index (κ3) is 4.54. The van der Waals surface area contributed by atoms with Crippen molar-refractivity contribution in [3.8, 4) is 0 Å². The first-order valence-electron chi connectivity index (χ1n) is 10.1. The number of hydrogen-bond donors (Lipinski definition) is 2. The van der Waals surface area contributed by atoms with Gasteiger partial charge in [-0.2, -0.15) is 12.7 Å². The number of nitrogens with one attached hydrogen (secondary N) is 2. The van der Waals surface area contributed by atoms with Crippen LogP contribution in [-0.2, 0) is 22.0 Å². The lowest BCUT2D eigenvalue weighted by Crippen LogP contribution is -2.35. The second kappa shape index (κ2) is 8.90. The lowest BCUT2D eigenvalue weighted by molar-refractivity contribution is 0.115. The first-order valence-corrected chi connectivity index (χ1v) is 11.9. The fourth-order valence-corrected chi connectivity index (χ4v) is 5.34. The Bertz CT molecular complexity index is 1400. The van der Waals surface area contributed by atoms with E-state index in [4.69, 9.17) is 16.3 Å². The Kier molecular flexibility index (Phi) is 6.32. The van der Waals surface area contributed by atoms with Crippen molar-refractivity contribution in [1.82, 2.24) is 13.9 Å². The summed E-state index contributed by atoms with van der Waals surface area (Å²) >= 11 is 6.45. The Hall–Kier alpha value is -2.73. The molecule has 2 N–H and O–H groups in total. The molecule has 1 aromatic heterocycles. The van der Waals surface area contributed by atoms with Crippen molar-refractivity contribution in [2.45, 2.75) is 19.4 Å². The summed E-state index contributed by atoms with van der Waals surface area (Å²) < 4.78 is 50.2. The van der Waals surface area contributed by atoms with Gasteiger partial charge < -0.3 is 14.6 Å². The minimum atomic E-state index is -3.96. The molecule has 0 spiro atoms. The normalized spacial score (nSPS) is 16.9. The number of ether oxygens (including phenoxy) is 1. The molecule has 176 valence electrons. The van der Waals surface area contributed by atoms with Crippen molar-refractivity contribution in [1.29, 1.82) is 0 Å². The largest absolute Gasteiger partial charge is 0.380 e. The van der Waals surface area contributed by atoms with Gasteiger partial charge in [0.1, 0.15) is 5.82 Å². The third-order valence-corrected chi connectivity index (χ3v) is 7.57. The highest BCUT2D eigenvalue weighted by molar-refractivity contribution is 7.90. The van der Waals surface area contributed by atoms with Gasteiger partial charge in [-0.25, -0.2) is 9.37 Å². The highest BCUT2D eigenvalue weighted by Gasteiger charge is 2.32. The van der Waals surface area contributed by atoms with Gasteiger partial charge in [-0.1, -0.05) is 11.6 Å². The lowest BCUT2D eigenvalue weighted by atomic mass is 10.1. The van der Waals surface area contributed by atoms with Crippen LogP contribution in [0.15, 0.2) is 35.4 Å². The first-order chi connectivity index (χ1) is 15.6. The minimum absolute atomic E-state index is 0.0129. The van der Waals surface area contributed by atoms with Gasteiger partial charge in [0.2, 0.25) is 0 Å². The lowest BCUT2D eigenvalue weighted by Gasteiger charge is -2.20. The minimum Gasteiger partial charge on any atom is -0.380 e. The fourth-order valence-electron chi connectivity index (χ4n) is 3.80. The summed E-state index contributed by atoms with van der Waals surface area (Å²) in [6.45, 7) is 2.22. The molecule has 1 aliphatic heterocycles. The SMILES string of the molecule is COC1CCN(S(=O)(=O)Nc2cc(F)cc(Nc3ccc4ncn(C)c(=O)c4c3C)c2Cl)C1. The third-order valence-electron chi connectivity index (χ3n) is 5.67. The average Bonchev–Trinajstić information content (AvgIpc) is 3.26. The van der Waals surface area contributed by atoms with Crippen molar-refractivity contribution in [3.05, 3.63) is 57.3 Å². The standard InChI is InChI=1S/C21H23ClFN5O4S/c1-12-15(4-5-16-19(12)21(29)27(2)11-24-16)25-17-8-13(23)9-18(20(17)22)26-33(30,31)28-7-6-14(10-28)32-3/h4-5,8-9,11,14,25-26H,6-7,10H2,1-3H3. The molecule has 33 heavy (non-hydrogen) atoms. The zero-order valence-electron chi connectivity index (χ0n) is 18.2. The van der Waals surface area contributed by atoms with Crippen LogP contribution in [0.3, 0.4) is 0 Å². The predicted molar refractivity (Wildman–Crippen MR) is 126 cm³/mol. The van der Waals surface area contributed by atoms with Crippen LogP contribution >= 0.6 is 11.6 Å². The number of hydrogen-bond acceptors (Lipinski definition) is 6. The molecule has 12 heteroatoms. The number of benzene rings is 2. The van der Waals surface area contributed by atoms with Crippen molar-refractivity contribution in [3.63, 3.8) is 0 Å². The molecule has 2 heterocycles. The number of aryl methyl sites for hydroxylation is 2. The zero-order valence-corrected chi connectivity index (χ0v) is 19.8. The number of fused-ring (bicyclic) bond motifs is 1. The fraction of sp³-hybridized carbons (Fsp3) is 0.333. The molecule has 0 radical (unpaired) electrons. The predicted octanol–water partition coefficient (Wildman–Crippen LogP) is 3.16. The smallest absolute Gasteiger partial charge is 0.301 e. The maximum Gasteiger partial charge on any atom is 0.301 e. The maximum atomic E-state index is 14.4. The zero-order chi connectivity index (χ0) is 23.9. The van der Waals surface area contributed by atoms with Crippen LogP contribution in [0.1, 0.15) is 12.0 Å². The van der Waals surface area contributed by atoms with E-state index in [1.54, 1.807) is 26.1 Å². The topological polar surface area (TPSA) is 106 Å². The van der Waals surface area contributed by atoms with Crippen LogP contribution in [0.2, 0.25) is 5.02 Å². The van der Waals surface area contributed by atoms with E-state index in [-0.39, 0.29) is 41.2 Å². The van der Waals surface area contributed by atoms with Gasteiger partial charge in [0.05, 0.1) is 39.7 Å². The molecule has 0 aliphatic carbocycles. The van der Waals surface area contributed by atoms with Gasteiger partial charge in [0.15, 0.2) is 0 Å². The van der Waals surface area contributed by atoms with Gasteiger partial charge in [-0.05, 0) is 43.2 Å². The van der Waals surface area contributed by atoms with E-state index in [1.807, 2.05) is 0 Å². The van der Waals surface area contributed by atoms with Crippen LogP contribution in [0.4, 0.5) is 21.5 Å². The molecule has 2 aromatic carbocycles. The molecule has 1 atom stereocenters. The quantitative estimate of drug-likeness (QED) is 0.544. The van der Waals surface area contributed by atoms with E-state index in [9.17, 15) is 17.6 Å². The van der Waals surface area contributed by atoms with Gasteiger partial charge in [-0.3, -0.25) is 9.52 Å². The van der Waals surface area contributed by atoms with E-state index in [1.165, 1.54) is 22.3 Å². The van der Waals surface area contributed by atoms with Crippen LogP contribution < -0.4 is 15.6 Å². The molecule has 0 saturated carbocycles. The highest BCUT2D eigenvalue weighted by Crippen LogP contribution is 2.36. The van der Waals surface area contributed by atoms with Crippen LogP contribution in [0, 0.1) is 12.7 Å². The van der Waals surface area contributed by atoms with Crippen molar-refractivity contribution < 1.29 is 17.5 Å². The Morgan fingerprint density at radius 1 is 1.24 bits per heavy atom. The molecule has 4 rings (SSSR count). The van der Waals surface area contributed by atoms with E-state index >= 15 is 0 Å². The number of methoxy groups -OCH3 is 1. The Balaban J connectivity index is 1.68. The van der Waals surface area contributed by atoms with Gasteiger partial charge in [-0.15, -0.1) is 0 Å². The molecule has 1 fully saturated rings. The van der Waals surface area contributed by atoms with E-state index in [0.717, 1.165) is 12.1 Å². The first kappa shape index (κ1) is 23.4. The van der Waals surface area contributed by atoms with E-state index < -0.39 is 16.0 Å². The number of halogens is 2. The summed E-state index contributed by atoms with van der Waals surface area (Å²) in [5.74, 6) is -0.688. The van der Waals surface area contributed by atoms with Gasteiger partial charge in [0.25, 0.3) is 5.56 Å². The van der Waals surface area contributed by atoms with E-state index in [0.29, 0.717) is 28.6 Å². The van der Waals surface area contributed by atoms with Gasteiger partial charge in [0, 0.05) is 32.9 Å². The summed E-state index contributed by atoms with van der Waals surface area (Å²) in [6, 6.07) is 5.54. The second-order valence-electron chi connectivity index (χ2n) is 7.84. The number of nitrogens with zero attached hydrogens (tertiary/aromatic N) is 3. The second-order valence-corrected chi connectivity index (χ2v) is 9.89. The number of anilines is 3. The summed E-state index contributed by atoms with van der Waals surface area (Å²) in [6.07, 6.45) is 1.81. The highest BCUT2D eigenvalue weighted by atomic mass is 35.5. The van der Waals surface area contributed by atoms with Crippen LogP contribution in [-0.4, -0.2) is 48.6 Å². The molecule has 3 aromatic rings. The van der Waals surface area contributed by atoms with Crippen LogP contribution in [0.5, 0.6) is 0 Å². The van der Waals surface area contributed by atoms with Crippen molar-refractivity contribution in [2.24, 2.45) is 7.05 Å². The Morgan fingerprint density at radius 2 is 1.97 bits per heavy atom. The summed E-state index contributed by atoms with van der Waals surface area (Å²) in [7, 11) is -0.834. The average molecular weight is 496 g/mol. The maximum absolute atomic E-state index is 14.4. The molecular weight excluding hydrogens is 473 g/mol. The van der Waals surface area contributed by atoms with Gasteiger partial charge >= 0.3 is 10.2 Å². The number of rotatable bonds is 6. The van der Waals surface area contributed by atoms with E-state index in [2.05, 4.69) is 15.0 Å². The Morgan fingerprint density at radius 3 is 2.67 bits per heavy atom. The summed E-state index contributed by atoms with van der Waals surface area (Å²) in [5.41, 5.74) is 1.47. The number of aromatic nitrogens is 2. The molecule has 1 saturated heterocycles. The van der Waals surface area contributed by atoms with Crippen molar-refractivity contribution >= 4 is 49.8 Å². The van der Waals surface area contributed by atoms with Crippen LogP contribution in [0.25, 0.3) is 10.9 Å². The molecule has 0 amide bonds. The summed E-state index contributed by atoms with van der Waals surface area (Å²) in [5, 5.41) is 3.42. The summed E-state index contributed by atoms with van der Waals surface area (Å²) in [4.78, 5) is 16.8. The van der Waals surface area contributed by atoms with Crippen molar-refractivity contribution in [2.75, 3.05) is 30.2 Å².